The molecule has 3 rings (SSSR count). The molecule has 10 nitrogen and oxygen atoms in total. The van der Waals surface area contributed by atoms with Crippen molar-refractivity contribution in [2.45, 2.75) is 27.3 Å². The molecule has 3 N–H and O–H groups in total. The monoisotopic (exact) mass is 504 g/mol. The molecule has 0 aliphatic rings. The molecule has 0 aliphatic carbocycles. The Labute approximate surface area is 204 Å². The number of aromatic nitrogens is 3. The summed E-state index contributed by atoms with van der Waals surface area (Å²) in [4.78, 5) is 31.3. The summed E-state index contributed by atoms with van der Waals surface area (Å²) >= 11 is 1.17. The van der Waals surface area contributed by atoms with Gasteiger partial charge in [0.05, 0.1) is 11.9 Å². The van der Waals surface area contributed by atoms with Crippen molar-refractivity contribution in [3.63, 3.8) is 0 Å². The average Bonchev–Trinajstić information content (AvgIpc) is 3.38. The molecule has 12 heteroatoms. The van der Waals surface area contributed by atoms with Crippen molar-refractivity contribution in [2.75, 3.05) is 36.2 Å². The van der Waals surface area contributed by atoms with Crippen LogP contribution in [0.3, 0.4) is 0 Å². The second kappa shape index (κ2) is 10.8. The van der Waals surface area contributed by atoms with Crippen molar-refractivity contribution in [1.29, 1.82) is 0 Å². The van der Waals surface area contributed by atoms with Gasteiger partial charge in [-0.3, -0.25) is 18.5 Å². The van der Waals surface area contributed by atoms with E-state index in [1.54, 1.807) is 38.6 Å². The van der Waals surface area contributed by atoms with Crippen molar-refractivity contribution >= 4 is 50.6 Å². The second-order valence-corrected chi connectivity index (χ2v) is 10.5. The van der Waals surface area contributed by atoms with Crippen LogP contribution in [-0.2, 0) is 22.1 Å². The number of hydrogen-bond donors (Lipinski definition) is 3. The van der Waals surface area contributed by atoms with Crippen LogP contribution in [0.25, 0.3) is 0 Å². The number of carbonyl (C=O) groups is 2. The summed E-state index contributed by atoms with van der Waals surface area (Å²) in [6.07, 6.45) is 4.83. The summed E-state index contributed by atoms with van der Waals surface area (Å²) in [5, 5.41) is 20.8. The highest BCUT2D eigenvalue weighted by atomic mass is 32.2. The highest BCUT2D eigenvalue weighted by Gasteiger charge is 2.17. The van der Waals surface area contributed by atoms with Gasteiger partial charge in [0, 0.05) is 53.7 Å². The minimum atomic E-state index is -0.960. The number of nitrogens with one attached hydrogen (secondary N) is 2. The van der Waals surface area contributed by atoms with Gasteiger partial charge in [0.2, 0.25) is 5.91 Å². The van der Waals surface area contributed by atoms with Gasteiger partial charge in [-0.15, -0.1) is 0 Å². The molecule has 0 bridgehead atoms. The van der Waals surface area contributed by atoms with Crippen molar-refractivity contribution in [3.05, 3.63) is 46.1 Å². The predicted octanol–water partition coefficient (Wildman–Crippen LogP) is 2.80. The summed E-state index contributed by atoms with van der Waals surface area (Å²) in [5.74, 6) is 0.615. The van der Waals surface area contributed by atoms with Gasteiger partial charge in [-0.05, 0) is 32.4 Å². The number of nitrogens with zero attached hydrogens (tertiary/aromatic N) is 4. The van der Waals surface area contributed by atoms with Crippen molar-refractivity contribution in [1.82, 2.24) is 19.7 Å². The molecule has 1 atom stereocenters. The molecular weight excluding hydrogens is 476 g/mol. The number of benzene rings is 1. The Bertz CT molecular complexity index is 1240. The third kappa shape index (κ3) is 6.20. The lowest BCUT2D eigenvalue weighted by molar-refractivity contribution is -0.130. The molecule has 0 fully saturated rings. The fourth-order valence-electron chi connectivity index (χ4n) is 3.12. The number of aryl methyl sites for hydroxylation is 2. The average molecular weight is 505 g/mol. The lowest BCUT2D eigenvalue weighted by Gasteiger charge is -2.16. The Morgan fingerprint density at radius 1 is 1.24 bits per heavy atom. The maximum Gasteiger partial charge on any atom is 0.267 e. The number of phenolic OH excluding ortho intramolecular Hbond substituents is 1. The van der Waals surface area contributed by atoms with Crippen molar-refractivity contribution in [2.24, 2.45) is 0 Å². The molecule has 0 radical (unpaired) electrons. The zero-order chi connectivity index (χ0) is 25.0. The number of rotatable bonds is 9. The van der Waals surface area contributed by atoms with Crippen molar-refractivity contribution in [3.8, 4) is 5.75 Å². The normalized spacial score (nSPS) is 11.8. The van der Waals surface area contributed by atoms with Gasteiger partial charge in [-0.1, -0.05) is 17.4 Å². The summed E-state index contributed by atoms with van der Waals surface area (Å²) in [5.41, 5.74) is 2.83. The van der Waals surface area contributed by atoms with Gasteiger partial charge in [0.1, 0.15) is 17.2 Å². The number of aromatic hydroxyl groups is 1. The molecule has 1 unspecified atom stereocenters. The lowest BCUT2D eigenvalue weighted by atomic mass is 10.1. The van der Waals surface area contributed by atoms with Crippen LogP contribution in [0, 0.1) is 20.8 Å². The summed E-state index contributed by atoms with van der Waals surface area (Å²) < 4.78 is 12.8. The molecule has 3 aromatic rings. The zero-order valence-electron chi connectivity index (χ0n) is 19.7. The fourth-order valence-corrected chi connectivity index (χ4v) is 4.36. The number of thiazole rings is 1. The first-order valence-corrected chi connectivity index (χ1v) is 13.0. The van der Waals surface area contributed by atoms with E-state index in [9.17, 15) is 18.9 Å². The molecule has 34 heavy (non-hydrogen) atoms. The fraction of sp³-hybridized carbons (Fsp3) is 0.364. The second-order valence-electron chi connectivity index (χ2n) is 7.96. The molecule has 0 aliphatic heterocycles. The largest absolute Gasteiger partial charge is 0.508 e. The van der Waals surface area contributed by atoms with E-state index in [1.807, 2.05) is 13.8 Å². The quantitative estimate of drug-likeness (QED) is 0.409. The molecule has 0 saturated carbocycles. The Balaban J connectivity index is 1.65. The van der Waals surface area contributed by atoms with E-state index < -0.39 is 10.8 Å². The van der Waals surface area contributed by atoms with E-state index in [0.717, 1.165) is 11.1 Å². The third-order valence-electron chi connectivity index (χ3n) is 5.22. The smallest absolute Gasteiger partial charge is 0.267 e. The van der Waals surface area contributed by atoms with Gasteiger partial charge in [-0.2, -0.15) is 5.10 Å². The van der Waals surface area contributed by atoms with Gasteiger partial charge in [-0.25, -0.2) is 4.98 Å². The third-order valence-corrected chi connectivity index (χ3v) is 6.89. The van der Waals surface area contributed by atoms with Crippen LogP contribution in [0.4, 0.5) is 16.6 Å². The molecule has 2 heterocycles. The van der Waals surface area contributed by atoms with Crippen LogP contribution >= 0.6 is 11.3 Å². The Morgan fingerprint density at radius 3 is 2.68 bits per heavy atom. The molecule has 0 saturated heterocycles. The minimum absolute atomic E-state index is 0.0590. The summed E-state index contributed by atoms with van der Waals surface area (Å²) in [6.45, 7) is 5.93. The molecule has 2 aromatic heterocycles. The molecular formula is C22H28N6O4S2. The topological polar surface area (TPSA) is 129 Å². The zero-order valence-corrected chi connectivity index (χ0v) is 21.3. The first-order valence-electron chi connectivity index (χ1n) is 10.5. The number of phenols is 1. The number of carbonyl (C=O) groups excluding carboxylic acids is 2. The lowest BCUT2D eigenvalue weighted by Crippen LogP contribution is -2.33. The summed E-state index contributed by atoms with van der Waals surface area (Å²) in [6, 6.07) is 3.33. The first kappa shape index (κ1) is 25.4. The maximum absolute atomic E-state index is 12.7. The van der Waals surface area contributed by atoms with E-state index in [2.05, 4.69) is 20.7 Å². The molecule has 182 valence electrons. The van der Waals surface area contributed by atoms with Crippen LogP contribution in [-0.4, -0.2) is 66.4 Å². The molecule has 2 amide bonds. The number of anilines is 3. The van der Waals surface area contributed by atoms with Gasteiger partial charge < -0.3 is 20.6 Å². The van der Waals surface area contributed by atoms with Gasteiger partial charge >= 0.3 is 0 Å². The van der Waals surface area contributed by atoms with E-state index in [0.29, 0.717) is 39.4 Å². The first-order chi connectivity index (χ1) is 16.0. The summed E-state index contributed by atoms with van der Waals surface area (Å²) in [7, 11) is 0.713. The van der Waals surface area contributed by atoms with E-state index >= 15 is 0 Å². The van der Waals surface area contributed by atoms with Crippen molar-refractivity contribution < 1.29 is 18.9 Å². The Morgan fingerprint density at radius 2 is 1.97 bits per heavy atom. The molecule has 0 spiro atoms. The number of likely N-dealkylation sites (N-methyl/N-ethyl adjacent to an activating group) is 1. The minimum Gasteiger partial charge on any atom is -0.508 e. The number of amides is 2. The number of hydrogen-bond acceptors (Lipinski definition) is 8. The highest BCUT2D eigenvalue weighted by molar-refractivity contribution is 7.84. The van der Waals surface area contributed by atoms with E-state index in [1.165, 1.54) is 27.1 Å². The van der Waals surface area contributed by atoms with Crippen LogP contribution in [0.5, 0.6) is 5.75 Å². The standard InChI is InChI=1S/C22H28N6O4S2/c1-13-6-7-16(29)15(3)19(13)24-21(31)17-10-23-22(33-17)25-20-14(2)11-28(26-20)12-18(30)27(4)8-9-34(5)32/h6-7,10-11,29H,8-9,12H2,1-5H3,(H,24,31)(H,23,25,26). The maximum atomic E-state index is 12.7. The van der Waals surface area contributed by atoms with Crippen LogP contribution < -0.4 is 10.6 Å². The van der Waals surface area contributed by atoms with Crippen LogP contribution in [0.15, 0.2) is 24.5 Å². The van der Waals surface area contributed by atoms with Gasteiger partial charge in [0.15, 0.2) is 10.9 Å². The molecule has 1 aromatic carbocycles. The van der Waals surface area contributed by atoms with Crippen LogP contribution in [0.2, 0.25) is 0 Å². The predicted molar refractivity (Wildman–Crippen MR) is 134 cm³/mol. The van der Waals surface area contributed by atoms with Gasteiger partial charge in [0.25, 0.3) is 5.91 Å². The highest BCUT2D eigenvalue weighted by Crippen LogP contribution is 2.29. The van der Waals surface area contributed by atoms with E-state index in [-0.39, 0.29) is 24.1 Å². The Kier molecular flexibility index (Phi) is 8.05. The van der Waals surface area contributed by atoms with E-state index in [4.69, 9.17) is 0 Å². The van der Waals surface area contributed by atoms with Crippen LogP contribution in [0.1, 0.15) is 26.4 Å². The SMILES string of the molecule is Cc1cn(CC(=O)N(C)CCS(C)=O)nc1Nc1ncc(C(=O)Nc2c(C)ccc(O)c2C)s1. The Hall–Kier alpha value is -3.25.